The molecule has 9 rings (SSSR count). The van der Waals surface area contributed by atoms with Crippen LogP contribution in [0.2, 0.25) is 0 Å². The summed E-state index contributed by atoms with van der Waals surface area (Å²) < 4.78 is 2.27. The van der Waals surface area contributed by atoms with E-state index in [1.165, 1.54) is 44.5 Å². The molecule has 4 aromatic heterocycles. The number of imidazole rings is 1. The molecule has 2 aliphatic carbocycles. The Morgan fingerprint density at radius 3 is 2.37 bits per heavy atom. The maximum atomic E-state index is 5.28. The van der Waals surface area contributed by atoms with Crippen LogP contribution < -0.4 is 0 Å². The largest absolute Gasteiger partial charge is 0.290 e. The first-order valence-corrected chi connectivity index (χ1v) is 12.0. The van der Waals surface area contributed by atoms with Gasteiger partial charge < -0.3 is 0 Å². The van der Waals surface area contributed by atoms with E-state index >= 15 is 0 Å². The molecule has 0 radical (unpaired) electrons. The zero-order valence-corrected chi connectivity index (χ0v) is 18.8. The normalized spacial score (nSPS) is 13.5. The Morgan fingerprint density at radius 1 is 0.600 bits per heavy atom. The summed E-state index contributed by atoms with van der Waals surface area (Å²) in [5.74, 6) is 0. The summed E-state index contributed by atoms with van der Waals surface area (Å²) >= 11 is 0. The van der Waals surface area contributed by atoms with Gasteiger partial charge in [0.05, 0.1) is 22.1 Å². The molecule has 0 amide bonds. The van der Waals surface area contributed by atoms with Crippen molar-refractivity contribution in [3.63, 3.8) is 0 Å². The Morgan fingerprint density at radius 2 is 1.40 bits per heavy atom. The summed E-state index contributed by atoms with van der Waals surface area (Å²) in [6.45, 7) is 0. The van der Waals surface area contributed by atoms with Crippen LogP contribution in [0.5, 0.6) is 0 Å². The minimum absolute atomic E-state index is 0.926. The molecule has 0 unspecified atom stereocenters. The third-order valence-corrected chi connectivity index (χ3v) is 8.03. The molecular weight excluding hydrogens is 428 g/mol. The molecular formula is C31H18N4. The van der Waals surface area contributed by atoms with Crippen LogP contribution in [-0.4, -0.2) is 19.4 Å². The quantitative estimate of drug-likeness (QED) is 0.243. The monoisotopic (exact) mass is 446 g/mol. The lowest BCUT2D eigenvalue weighted by atomic mass is 9.96. The lowest BCUT2D eigenvalue weighted by molar-refractivity contribution is 1.17. The summed E-state index contributed by atoms with van der Waals surface area (Å²) in [5.41, 5.74) is 16.4. The number of pyridine rings is 3. The van der Waals surface area contributed by atoms with Gasteiger partial charge in [0.2, 0.25) is 0 Å². The SMILES string of the molecule is c1ccc2c(c1)Cc1c-2ccc2c1Cc1c-2ccc2c1nc1c3cnccc3c3ncccc3n21. The van der Waals surface area contributed by atoms with E-state index < -0.39 is 0 Å². The molecule has 0 saturated heterocycles. The van der Waals surface area contributed by atoms with Crippen LogP contribution in [-0.2, 0) is 12.8 Å². The minimum Gasteiger partial charge on any atom is -0.290 e. The fraction of sp³-hybridized carbons (Fsp3) is 0.0645. The lowest BCUT2D eigenvalue weighted by Crippen LogP contribution is -1.93. The molecule has 3 aromatic carbocycles. The van der Waals surface area contributed by atoms with Gasteiger partial charge in [-0.1, -0.05) is 42.5 Å². The van der Waals surface area contributed by atoms with Gasteiger partial charge >= 0.3 is 0 Å². The Hall–Kier alpha value is -4.57. The van der Waals surface area contributed by atoms with E-state index in [-0.39, 0.29) is 0 Å². The van der Waals surface area contributed by atoms with Crippen molar-refractivity contribution in [2.45, 2.75) is 12.8 Å². The van der Waals surface area contributed by atoms with Gasteiger partial charge in [0.25, 0.3) is 0 Å². The molecule has 0 atom stereocenters. The number of nitrogens with zero attached hydrogens (tertiary/aromatic N) is 4. The molecule has 2 aliphatic rings. The van der Waals surface area contributed by atoms with Gasteiger partial charge in [-0.2, -0.15) is 0 Å². The van der Waals surface area contributed by atoms with Crippen molar-refractivity contribution in [2.75, 3.05) is 0 Å². The van der Waals surface area contributed by atoms with Gasteiger partial charge in [0.1, 0.15) is 5.65 Å². The van der Waals surface area contributed by atoms with E-state index in [1.54, 1.807) is 0 Å². The van der Waals surface area contributed by atoms with Crippen molar-refractivity contribution >= 4 is 38.5 Å². The highest BCUT2D eigenvalue weighted by molar-refractivity contribution is 6.12. The minimum atomic E-state index is 0.926. The van der Waals surface area contributed by atoms with Crippen LogP contribution in [0, 0.1) is 0 Å². The molecule has 0 saturated carbocycles. The Labute approximate surface area is 200 Å². The van der Waals surface area contributed by atoms with Gasteiger partial charge in [-0.25, -0.2) is 4.98 Å². The third kappa shape index (κ3) is 2.11. The van der Waals surface area contributed by atoms with E-state index in [1.807, 2.05) is 30.7 Å². The summed E-state index contributed by atoms with van der Waals surface area (Å²) in [7, 11) is 0. The highest BCUT2D eigenvalue weighted by Crippen LogP contribution is 2.48. The first-order valence-electron chi connectivity index (χ1n) is 12.0. The maximum Gasteiger partial charge on any atom is 0.148 e. The van der Waals surface area contributed by atoms with Gasteiger partial charge in [-0.05, 0) is 75.2 Å². The molecule has 0 fully saturated rings. The molecule has 4 heterocycles. The van der Waals surface area contributed by atoms with Crippen LogP contribution >= 0.6 is 0 Å². The highest BCUT2D eigenvalue weighted by Gasteiger charge is 2.30. The second-order valence-corrected chi connectivity index (χ2v) is 9.65. The van der Waals surface area contributed by atoms with Gasteiger partial charge in [-0.15, -0.1) is 0 Å². The van der Waals surface area contributed by atoms with Crippen LogP contribution in [0.25, 0.3) is 60.7 Å². The molecule has 35 heavy (non-hydrogen) atoms. The topological polar surface area (TPSA) is 43.1 Å². The van der Waals surface area contributed by atoms with Crippen molar-refractivity contribution in [3.8, 4) is 22.3 Å². The molecule has 4 heteroatoms. The molecule has 0 bridgehead atoms. The van der Waals surface area contributed by atoms with Crippen molar-refractivity contribution < 1.29 is 0 Å². The Bertz CT molecular complexity index is 2070. The zero-order chi connectivity index (χ0) is 22.7. The van der Waals surface area contributed by atoms with Crippen LogP contribution in [0.15, 0.2) is 85.3 Å². The van der Waals surface area contributed by atoms with E-state index in [0.29, 0.717) is 0 Å². The first-order chi connectivity index (χ1) is 17.4. The zero-order valence-electron chi connectivity index (χ0n) is 18.8. The van der Waals surface area contributed by atoms with Gasteiger partial charge in [0.15, 0.2) is 0 Å². The number of hydrogen-bond acceptors (Lipinski definition) is 3. The smallest absolute Gasteiger partial charge is 0.148 e. The summed E-state index contributed by atoms with van der Waals surface area (Å²) in [5, 5.41) is 2.13. The maximum absolute atomic E-state index is 5.28. The molecule has 0 aliphatic heterocycles. The molecule has 162 valence electrons. The average Bonchev–Trinajstić information content (AvgIpc) is 3.60. The van der Waals surface area contributed by atoms with Crippen molar-refractivity contribution in [2.24, 2.45) is 0 Å². The second kappa shape index (κ2) is 6.10. The molecule has 4 nitrogen and oxygen atoms in total. The number of benzene rings is 3. The van der Waals surface area contributed by atoms with E-state index in [2.05, 4.69) is 64.0 Å². The van der Waals surface area contributed by atoms with E-state index in [9.17, 15) is 0 Å². The molecule has 0 spiro atoms. The number of aromatic nitrogens is 4. The third-order valence-electron chi connectivity index (χ3n) is 8.03. The van der Waals surface area contributed by atoms with Crippen LogP contribution in [0.3, 0.4) is 0 Å². The first kappa shape index (κ1) is 17.8. The predicted octanol–water partition coefficient (Wildman–Crippen LogP) is 6.73. The summed E-state index contributed by atoms with van der Waals surface area (Å²) in [6, 6.07) is 24.2. The Kier molecular flexibility index (Phi) is 3.11. The average molecular weight is 447 g/mol. The van der Waals surface area contributed by atoms with Crippen molar-refractivity contribution in [1.82, 2.24) is 19.4 Å². The molecule has 7 aromatic rings. The lowest BCUT2D eigenvalue weighted by Gasteiger charge is -2.08. The summed E-state index contributed by atoms with van der Waals surface area (Å²) in [6.07, 6.45) is 7.56. The van der Waals surface area contributed by atoms with E-state index in [4.69, 9.17) is 9.97 Å². The van der Waals surface area contributed by atoms with E-state index in [0.717, 1.165) is 51.3 Å². The number of hydrogen-bond donors (Lipinski definition) is 0. The Balaban J connectivity index is 1.36. The van der Waals surface area contributed by atoms with Crippen LogP contribution in [0.1, 0.15) is 22.3 Å². The number of fused-ring (bicyclic) bond motifs is 16. The highest BCUT2D eigenvalue weighted by atomic mass is 15.0. The fourth-order valence-electron chi connectivity index (χ4n) is 6.52. The fourth-order valence-corrected chi connectivity index (χ4v) is 6.52. The van der Waals surface area contributed by atoms with Crippen molar-refractivity contribution in [1.29, 1.82) is 0 Å². The van der Waals surface area contributed by atoms with Crippen LogP contribution in [0.4, 0.5) is 0 Å². The second-order valence-electron chi connectivity index (χ2n) is 9.65. The number of rotatable bonds is 0. The standard InChI is InChI=1S/C31H18N4/c1-2-5-18-17(4-1)14-23-19(18)7-8-20-21-9-10-28-30(25(21)15-24(20)23)34-31-26-16-32-13-11-22(26)29-27(35(28)31)6-3-12-33-29/h1-13,16H,14-15H2. The van der Waals surface area contributed by atoms with Gasteiger partial charge in [-0.3, -0.25) is 14.4 Å². The van der Waals surface area contributed by atoms with Crippen molar-refractivity contribution in [3.05, 3.63) is 108 Å². The molecule has 0 N–H and O–H groups in total. The van der Waals surface area contributed by atoms with Gasteiger partial charge in [0, 0.05) is 35.8 Å². The predicted molar refractivity (Wildman–Crippen MR) is 140 cm³/mol. The summed E-state index contributed by atoms with van der Waals surface area (Å²) in [4.78, 5) is 14.4.